The first-order valence-corrected chi connectivity index (χ1v) is 6.07. The molecule has 1 aromatic rings. The summed E-state index contributed by atoms with van der Waals surface area (Å²) in [5.41, 5.74) is 3.70. The van der Waals surface area contributed by atoms with Crippen molar-refractivity contribution >= 4 is 11.3 Å². The summed E-state index contributed by atoms with van der Waals surface area (Å²) < 4.78 is 39.9. The van der Waals surface area contributed by atoms with E-state index in [1.54, 1.807) is 11.3 Å². The number of nitrogens with one attached hydrogen (secondary N) is 1. The van der Waals surface area contributed by atoms with Gasteiger partial charge in [0.25, 0.3) is 0 Å². The summed E-state index contributed by atoms with van der Waals surface area (Å²) in [4.78, 5) is 0. The van der Waals surface area contributed by atoms with Crippen molar-refractivity contribution in [2.24, 2.45) is 5.84 Å². The van der Waals surface area contributed by atoms with E-state index in [0.717, 1.165) is 5.56 Å². The lowest BCUT2D eigenvalue weighted by molar-refractivity contribution is -0.174. The Hall–Kier alpha value is -0.630. The molecule has 0 spiro atoms. The SMILES string of the molecule is NNC(CCOCC(F)(F)F)Cc1ccsc1. The quantitative estimate of drug-likeness (QED) is 0.452. The Labute approximate surface area is 102 Å². The third kappa shape index (κ3) is 6.62. The molecule has 0 aliphatic rings. The van der Waals surface area contributed by atoms with Gasteiger partial charge in [0.15, 0.2) is 0 Å². The normalized spacial score (nSPS) is 13.9. The molecular weight excluding hydrogens is 253 g/mol. The van der Waals surface area contributed by atoms with Crippen LogP contribution in [0.25, 0.3) is 0 Å². The van der Waals surface area contributed by atoms with Crippen molar-refractivity contribution < 1.29 is 17.9 Å². The molecule has 1 unspecified atom stereocenters. The van der Waals surface area contributed by atoms with Crippen molar-refractivity contribution in [2.75, 3.05) is 13.2 Å². The molecule has 0 aromatic carbocycles. The fraction of sp³-hybridized carbons (Fsp3) is 0.600. The van der Waals surface area contributed by atoms with Crippen LogP contribution < -0.4 is 11.3 Å². The number of nitrogens with two attached hydrogens (primary N) is 1. The highest BCUT2D eigenvalue weighted by Gasteiger charge is 2.27. The summed E-state index contributed by atoms with van der Waals surface area (Å²) in [6, 6.07) is 1.89. The molecule has 0 radical (unpaired) electrons. The van der Waals surface area contributed by atoms with Gasteiger partial charge in [0, 0.05) is 12.6 Å². The van der Waals surface area contributed by atoms with Gasteiger partial charge in [-0.05, 0) is 35.2 Å². The fourth-order valence-electron chi connectivity index (χ4n) is 1.35. The highest BCUT2D eigenvalue weighted by molar-refractivity contribution is 7.07. The lowest BCUT2D eigenvalue weighted by atomic mass is 10.1. The van der Waals surface area contributed by atoms with Crippen molar-refractivity contribution in [2.45, 2.75) is 25.1 Å². The molecule has 0 bridgehead atoms. The largest absolute Gasteiger partial charge is 0.411 e. The van der Waals surface area contributed by atoms with Gasteiger partial charge >= 0.3 is 6.18 Å². The van der Waals surface area contributed by atoms with Crippen molar-refractivity contribution in [3.8, 4) is 0 Å². The number of thiophene rings is 1. The summed E-state index contributed by atoms with van der Waals surface area (Å²) in [5.74, 6) is 5.33. The number of rotatable bonds is 7. The predicted molar refractivity (Wildman–Crippen MR) is 60.6 cm³/mol. The van der Waals surface area contributed by atoms with E-state index in [-0.39, 0.29) is 12.6 Å². The van der Waals surface area contributed by atoms with Crippen LogP contribution >= 0.6 is 11.3 Å². The molecule has 3 N–H and O–H groups in total. The lowest BCUT2D eigenvalue weighted by Crippen LogP contribution is -2.37. The molecule has 1 heterocycles. The molecule has 0 aliphatic heterocycles. The van der Waals surface area contributed by atoms with Crippen LogP contribution in [-0.2, 0) is 11.2 Å². The maximum Gasteiger partial charge on any atom is 0.411 e. The van der Waals surface area contributed by atoms with Gasteiger partial charge in [-0.25, -0.2) is 0 Å². The molecule has 17 heavy (non-hydrogen) atoms. The third-order valence-electron chi connectivity index (χ3n) is 2.17. The minimum Gasteiger partial charge on any atom is -0.372 e. The Balaban J connectivity index is 2.19. The van der Waals surface area contributed by atoms with Crippen molar-refractivity contribution in [3.63, 3.8) is 0 Å². The molecule has 1 atom stereocenters. The predicted octanol–water partition coefficient (Wildman–Crippen LogP) is 2.09. The highest BCUT2D eigenvalue weighted by atomic mass is 32.1. The average Bonchev–Trinajstić information content (AvgIpc) is 2.73. The van der Waals surface area contributed by atoms with Crippen molar-refractivity contribution in [3.05, 3.63) is 22.4 Å². The van der Waals surface area contributed by atoms with Crippen molar-refractivity contribution in [1.82, 2.24) is 5.43 Å². The Morgan fingerprint density at radius 1 is 1.47 bits per heavy atom. The Morgan fingerprint density at radius 2 is 2.24 bits per heavy atom. The average molecular weight is 268 g/mol. The zero-order valence-corrected chi connectivity index (χ0v) is 9.98. The van der Waals surface area contributed by atoms with E-state index in [2.05, 4.69) is 10.2 Å². The van der Waals surface area contributed by atoms with Gasteiger partial charge in [-0.15, -0.1) is 0 Å². The molecule has 0 saturated carbocycles. The van der Waals surface area contributed by atoms with Crippen LogP contribution in [0.2, 0.25) is 0 Å². The molecule has 3 nitrogen and oxygen atoms in total. The maximum atomic E-state index is 11.8. The number of hydrazine groups is 1. The van der Waals surface area contributed by atoms with Gasteiger partial charge < -0.3 is 4.74 Å². The van der Waals surface area contributed by atoms with Crippen LogP contribution in [-0.4, -0.2) is 25.4 Å². The zero-order chi connectivity index (χ0) is 12.7. The van der Waals surface area contributed by atoms with Crippen LogP contribution in [0, 0.1) is 0 Å². The van der Waals surface area contributed by atoms with Crippen molar-refractivity contribution in [1.29, 1.82) is 0 Å². The molecule has 1 aromatic heterocycles. The molecule has 7 heteroatoms. The summed E-state index contributed by atoms with van der Waals surface area (Å²) in [6.07, 6.45) is -3.13. The van der Waals surface area contributed by atoms with Gasteiger partial charge in [-0.3, -0.25) is 11.3 Å². The first-order valence-electron chi connectivity index (χ1n) is 5.13. The van der Waals surface area contributed by atoms with Gasteiger partial charge in [0.2, 0.25) is 0 Å². The lowest BCUT2D eigenvalue weighted by Gasteiger charge is -2.15. The van der Waals surface area contributed by atoms with Gasteiger partial charge in [-0.1, -0.05) is 0 Å². The number of hydrogen-bond donors (Lipinski definition) is 2. The molecular formula is C10H15F3N2OS. The Bertz CT molecular complexity index is 303. The van der Waals surface area contributed by atoms with E-state index in [4.69, 9.17) is 5.84 Å². The minimum absolute atomic E-state index is 0.0402. The van der Waals surface area contributed by atoms with E-state index < -0.39 is 12.8 Å². The topological polar surface area (TPSA) is 47.3 Å². The maximum absolute atomic E-state index is 11.8. The number of ether oxygens (including phenoxy) is 1. The summed E-state index contributed by atoms with van der Waals surface area (Å²) >= 11 is 1.58. The van der Waals surface area contributed by atoms with E-state index >= 15 is 0 Å². The van der Waals surface area contributed by atoms with Gasteiger partial charge in [0.1, 0.15) is 6.61 Å². The van der Waals surface area contributed by atoms with Crippen LogP contribution in [0.3, 0.4) is 0 Å². The molecule has 98 valence electrons. The first-order chi connectivity index (χ1) is 8.01. The smallest absolute Gasteiger partial charge is 0.372 e. The van der Waals surface area contributed by atoms with Crippen LogP contribution in [0.1, 0.15) is 12.0 Å². The van der Waals surface area contributed by atoms with E-state index in [0.29, 0.717) is 12.8 Å². The van der Waals surface area contributed by atoms with E-state index in [1.807, 2.05) is 16.8 Å². The molecule has 0 aliphatic carbocycles. The molecule has 1 rings (SSSR count). The standard InChI is InChI=1S/C10H15F3N2OS/c11-10(12,13)7-16-3-1-9(15-14)5-8-2-4-17-6-8/h2,4,6,9,15H,1,3,5,7,14H2. The zero-order valence-electron chi connectivity index (χ0n) is 9.17. The van der Waals surface area contributed by atoms with Crippen LogP contribution in [0.4, 0.5) is 13.2 Å². The second-order valence-corrected chi connectivity index (χ2v) is 4.44. The second-order valence-electron chi connectivity index (χ2n) is 3.66. The fourth-order valence-corrected chi connectivity index (χ4v) is 2.03. The van der Waals surface area contributed by atoms with Gasteiger partial charge in [-0.2, -0.15) is 24.5 Å². The third-order valence-corrected chi connectivity index (χ3v) is 2.91. The monoisotopic (exact) mass is 268 g/mol. The number of halogens is 3. The highest BCUT2D eigenvalue weighted by Crippen LogP contribution is 2.15. The van der Waals surface area contributed by atoms with Crippen LogP contribution in [0.5, 0.6) is 0 Å². The number of hydrogen-bond acceptors (Lipinski definition) is 4. The molecule has 0 amide bonds. The Morgan fingerprint density at radius 3 is 2.76 bits per heavy atom. The summed E-state index contributed by atoms with van der Waals surface area (Å²) in [5, 5.41) is 3.93. The minimum atomic E-state index is -4.26. The van der Waals surface area contributed by atoms with E-state index in [9.17, 15) is 13.2 Å². The van der Waals surface area contributed by atoms with Crippen LogP contribution in [0.15, 0.2) is 16.8 Å². The first kappa shape index (κ1) is 14.4. The summed E-state index contributed by atoms with van der Waals surface area (Å²) in [6.45, 7) is -1.17. The number of alkyl halides is 3. The second kappa shape index (κ2) is 6.95. The summed E-state index contributed by atoms with van der Waals surface area (Å²) in [7, 11) is 0. The molecule has 0 saturated heterocycles. The Kier molecular flexibility index (Phi) is 5.90. The molecule has 0 fully saturated rings. The van der Waals surface area contributed by atoms with Gasteiger partial charge in [0.05, 0.1) is 0 Å². The van der Waals surface area contributed by atoms with E-state index in [1.165, 1.54) is 0 Å².